The molecule has 1 N–H and O–H groups in total. The van der Waals surface area contributed by atoms with Crippen LogP contribution in [0.1, 0.15) is 51.9 Å². The monoisotopic (exact) mass is 337 g/mol. The molecule has 2 amide bonds. The molecule has 2 atom stereocenters. The summed E-state index contributed by atoms with van der Waals surface area (Å²) in [5, 5.41) is 3.21. The quantitative estimate of drug-likeness (QED) is 0.836. The third kappa shape index (κ3) is 4.28. The van der Waals surface area contributed by atoms with Crippen LogP contribution in [0.25, 0.3) is 0 Å². The maximum atomic E-state index is 12.5. The fourth-order valence-corrected chi connectivity index (χ4v) is 4.04. The van der Waals surface area contributed by atoms with Crippen LogP contribution in [0, 0.1) is 0 Å². The van der Waals surface area contributed by atoms with Crippen molar-refractivity contribution < 1.29 is 14.3 Å². The minimum Gasteiger partial charge on any atom is -0.368 e. The molecule has 0 aromatic heterocycles. The number of carbonyl (C=O) groups excluding carboxylic acids is 2. The van der Waals surface area contributed by atoms with Gasteiger partial charge in [-0.15, -0.1) is 0 Å². The van der Waals surface area contributed by atoms with Crippen molar-refractivity contribution in [2.45, 2.75) is 70.1 Å². The Bertz CT molecular complexity index is 437. The highest BCUT2D eigenvalue weighted by Gasteiger charge is 2.32. The van der Waals surface area contributed by atoms with Gasteiger partial charge in [0, 0.05) is 38.8 Å². The SMILES string of the molecule is C[C@@H](C(=O)NC1CCCCC1)N1CCN(C(=O)[C@H]2CCCO2)CC1. The molecule has 0 unspecified atom stereocenters. The van der Waals surface area contributed by atoms with Gasteiger partial charge >= 0.3 is 0 Å². The third-order valence-corrected chi connectivity index (χ3v) is 5.71. The first-order chi connectivity index (χ1) is 11.6. The summed E-state index contributed by atoms with van der Waals surface area (Å²) in [6.45, 7) is 5.60. The summed E-state index contributed by atoms with van der Waals surface area (Å²) in [4.78, 5) is 29.0. The van der Waals surface area contributed by atoms with Crippen LogP contribution >= 0.6 is 0 Å². The van der Waals surface area contributed by atoms with Crippen LogP contribution in [0.15, 0.2) is 0 Å². The van der Waals surface area contributed by atoms with Gasteiger partial charge < -0.3 is 15.0 Å². The number of carbonyl (C=O) groups is 2. The van der Waals surface area contributed by atoms with Crippen LogP contribution in [0.4, 0.5) is 0 Å². The number of rotatable bonds is 4. The van der Waals surface area contributed by atoms with Crippen molar-refractivity contribution >= 4 is 11.8 Å². The number of amides is 2. The number of hydrogen-bond acceptors (Lipinski definition) is 4. The van der Waals surface area contributed by atoms with Gasteiger partial charge in [0.15, 0.2) is 0 Å². The Labute approximate surface area is 144 Å². The molecule has 3 aliphatic rings. The number of piperazine rings is 1. The zero-order valence-corrected chi connectivity index (χ0v) is 14.8. The largest absolute Gasteiger partial charge is 0.368 e. The van der Waals surface area contributed by atoms with Crippen LogP contribution in [0.5, 0.6) is 0 Å². The van der Waals surface area contributed by atoms with Crippen molar-refractivity contribution in [3.8, 4) is 0 Å². The lowest BCUT2D eigenvalue weighted by Crippen LogP contribution is -2.57. The Morgan fingerprint density at radius 1 is 1.00 bits per heavy atom. The van der Waals surface area contributed by atoms with Crippen molar-refractivity contribution in [1.29, 1.82) is 0 Å². The lowest BCUT2D eigenvalue weighted by Gasteiger charge is -2.38. The van der Waals surface area contributed by atoms with Crippen molar-refractivity contribution in [3.63, 3.8) is 0 Å². The van der Waals surface area contributed by atoms with E-state index in [0.717, 1.165) is 38.8 Å². The van der Waals surface area contributed by atoms with Crippen LogP contribution < -0.4 is 5.32 Å². The lowest BCUT2D eigenvalue weighted by atomic mass is 9.95. The molecule has 6 nitrogen and oxygen atoms in total. The standard InChI is InChI=1S/C18H31N3O3/c1-14(17(22)19-15-6-3-2-4-7-15)20-9-11-21(12-10-20)18(23)16-8-5-13-24-16/h14-16H,2-13H2,1H3,(H,19,22)/t14-,16+/m0/s1. The summed E-state index contributed by atoms with van der Waals surface area (Å²) in [6.07, 6.45) is 7.57. The molecule has 136 valence electrons. The van der Waals surface area contributed by atoms with Crippen molar-refractivity contribution in [2.24, 2.45) is 0 Å². The maximum absolute atomic E-state index is 12.5. The molecular formula is C18H31N3O3. The van der Waals surface area contributed by atoms with Gasteiger partial charge in [0.2, 0.25) is 5.91 Å². The van der Waals surface area contributed by atoms with Crippen molar-refractivity contribution in [3.05, 3.63) is 0 Å². The van der Waals surface area contributed by atoms with Crippen LogP contribution in [-0.2, 0) is 14.3 Å². The summed E-state index contributed by atoms with van der Waals surface area (Å²) in [5.74, 6) is 0.271. The van der Waals surface area contributed by atoms with E-state index in [1.54, 1.807) is 0 Å². The average Bonchev–Trinajstić information content (AvgIpc) is 3.16. The molecule has 6 heteroatoms. The summed E-state index contributed by atoms with van der Waals surface area (Å²) >= 11 is 0. The highest BCUT2D eigenvalue weighted by molar-refractivity contribution is 5.82. The van der Waals surface area contributed by atoms with E-state index in [2.05, 4.69) is 10.2 Å². The van der Waals surface area contributed by atoms with Gasteiger partial charge in [-0.2, -0.15) is 0 Å². The van der Waals surface area contributed by atoms with Crippen LogP contribution in [0.3, 0.4) is 0 Å². The number of nitrogens with one attached hydrogen (secondary N) is 1. The number of nitrogens with zero attached hydrogens (tertiary/aromatic N) is 2. The molecule has 3 rings (SSSR count). The third-order valence-electron chi connectivity index (χ3n) is 5.71. The second-order valence-electron chi connectivity index (χ2n) is 7.38. The predicted octanol–water partition coefficient (Wildman–Crippen LogP) is 1.15. The smallest absolute Gasteiger partial charge is 0.251 e. The van der Waals surface area contributed by atoms with E-state index in [0.29, 0.717) is 25.7 Å². The first-order valence-corrected chi connectivity index (χ1v) is 9.60. The molecule has 1 aliphatic carbocycles. The van der Waals surface area contributed by atoms with Gasteiger partial charge in [0.25, 0.3) is 5.91 Å². The average molecular weight is 337 g/mol. The molecule has 24 heavy (non-hydrogen) atoms. The van der Waals surface area contributed by atoms with Gasteiger partial charge in [-0.3, -0.25) is 14.5 Å². The summed E-state index contributed by atoms with van der Waals surface area (Å²) < 4.78 is 5.50. The molecule has 2 heterocycles. The summed E-state index contributed by atoms with van der Waals surface area (Å²) in [6, 6.07) is 0.239. The molecule has 1 saturated carbocycles. The zero-order valence-electron chi connectivity index (χ0n) is 14.8. The van der Waals surface area contributed by atoms with E-state index in [-0.39, 0.29) is 24.0 Å². The van der Waals surface area contributed by atoms with Crippen LogP contribution in [-0.4, -0.2) is 72.6 Å². The first-order valence-electron chi connectivity index (χ1n) is 9.60. The van der Waals surface area contributed by atoms with E-state index in [1.807, 2.05) is 11.8 Å². The first kappa shape index (κ1) is 17.7. The normalized spacial score (nSPS) is 27.9. The minimum absolute atomic E-state index is 0.119. The molecule has 0 spiro atoms. The van der Waals surface area contributed by atoms with Crippen molar-refractivity contribution in [1.82, 2.24) is 15.1 Å². The van der Waals surface area contributed by atoms with Gasteiger partial charge in [-0.25, -0.2) is 0 Å². The Morgan fingerprint density at radius 3 is 2.33 bits per heavy atom. The van der Waals surface area contributed by atoms with E-state index in [9.17, 15) is 9.59 Å². The molecule has 0 bridgehead atoms. The maximum Gasteiger partial charge on any atom is 0.251 e. The lowest BCUT2D eigenvalue weighted by molar-refractivity contribution is -0.143. The van der Waals surface area contributed by atoms with Crippen LogP contribution in [0.2, 0.25) is 0 Å². The molecule has 0 aromatic carbocycles. The fraction of sp³-hybridized carbons (Fsp3) is 0.889. The molecule has 2 saturated heterocycles. The Hall–Kier alpha value is -1.14. The molecule has 3 fully saturated rings. The topological polar surface area (TPSA) is 61.9 Å². The van der Waals surface area contributed by atoms with Crippen molar-refractivity contribution in [2.75, 3.05) is 32.8 Å². The highest BCUT2D eigenvalue weighted by atomic mass is 16.5. The highest BCUT2D eigenvalue weighted by Crippen LogP contribution is 2.19. The van der Waals surface area contributed by atoms with E-state index in [1.165, 1.54) is 19.3 Å². The molecule has 0 aromatic rings. The molecule has 0 radical (unpaired) electrons. The van der Waals surface area contributed by atoms with Gasteiger partial charge in [-0.1, -0.05) is 19.3 Å². The number of ether oxygens (including phenoxy) is 1. The Morgan fingerprint density at radius 2 is 1.71 bits per heavy atom. The second kappa shape index (κ2) is 8.30. The minimum atomic E-state index is -0.233. The van der Waals surface area contributed by atoms with Gasteiger partial charge in [-0.05, 0) is 32.6 Å². The fourth-order valence-electron chi connectivity index (χ4n) is 4.04. The second-order valence-corrected chi connectivity index (χ2v) is 7.38. The number of hydrogen-bond donors (Lipinski definition) is 1. The Balaban J connectivity index is 1.43. The molecular weight excluding hydrogens is 306 g/mol. The Kier molecular flexibility index (Phi) is 6.11. The van der Waals surface area contributed by atoms with Gasteiger partial charge in [0.05, 0.1) is 6.04 Å². The van der Waals surface area contributed by atoms with E-state index in [4.69, 9.17) is 4.74 Å². The van der Waals surface area contributed by atoms with Gasteiger partial charge in [0.1, 0.15) is 6.10 Å². The zero-order chi connectivity index (χ0) is 16.9. The predicted molar refractivity (Wildman–Crippen MR) is 91.6 cm³/mol. The molecule has 2 aliphatic heterocycles. The summed E-state index contributed by atoms with van der Waals surface area (Å²) in [5.41, 5.74) is 0. The van der Waals surface area contributed by atoms with E-state index < -0.39 is 0 Å². The summed E-state index contributed by atoms with van der Waals surface area (Å²) in [7, 11) is 0. The van der Waals surface area contributed by atoms with E-state index >= 15 is 0 Å².